The SMILES string of the molecule is CCCC(CN)C(=O)Nc1cc(C)c(Cl)cc1OC. The van der Waals surface area contributed by atoms with Gasteiger partial charge in [0.05, 0.1) is 18.7 Å². The molecule has 0 aromatic heterocycles. The monoisotopic (exact) mass is 284 g/mol. The fraction of sp³-hybridized carbons (Fsp3) is 0.500. The second-order valence-corrected chi connectivity index (χ2v) is 4.92. The first kappa shape index (κ1) is 15.8. The van der Waals surface area contributed by atoms with E-state index in [4.69, 9.17) is 22.1 Å². The first-order valence-electron chi connectivity index (χ1n) is 6.38. The molecule has 0 saturated heterocycles. The minimum Gasteiger partial charge on any atom is -0.495 e. The third-order valence-electron chi connectivity index (χ3n) is 3.03. The Balaban J connectivity index is 2.92. The Kier molecular flexibility index (Phi) is 6.12. The summed E-state index contributed by atoms with van der Waals surface area (Å²) in [4.78, 5) is 12.1. The molecule has 0 aliphatic heterocycles. The summed E-state index contributed by atoms with van der Waals surface area (Å²) in [5.41, 5.74) is 7.14. The summed E-state index contributed by atoms with van der Waals surface area (Å²) in [6, 6.07) is 3.50. The van der Waals surface area contributed by atoms with Gasteiger partial charge in [0, 0.05) is 17.6 Å². The van der Waals surface area contributed by atoms with Gasteiger partial charge in [-0.25, -0.2) is 0 Å². The van der Waals surface area contributed by atoms with Crippen molar-refractivity contribution in [2.45, 2.75) is 26.7 Å². The number of anilines is 1. The standard InChI is InChI=1S/C14H21ClN2O2/c1-4-5-10(8-16)14(18)17-12-6-9(2)11(15)7-13(12)19-3/h6-7,10H,4-5,8,16H2,1-3H3,(H,17,18). The number of hydrogen-bond acceptors (Lipinski definition) is 3. The van der Waals surface area contributed by atoms with Crippen LogP contribution in [-0.2, 0) is 4.79 Å². The highest BCUT2D eigenvalue weighted by Crippen LogP contribution is 2.31. The summed E-state index contributed by atoms with van der Waals surface area (Å²) in [6.07, 6.45) is 1.70. The van der Waals surface area contributed by atoms with E-state index < -0.39 is 0 Å². The van der Waals surface area contributed by atoms with E-state index in [1.165, 1.54) is 0 Å². The van der Waals surface area contributed by atoms with Crippen LogP contribution >= 0.6 is 11.6 Å². The smallest absolute Gasteiger partial charge is 0.228 e. The van der Waals surface area contributed by atoms with Gasteiger partial charge >= 0.3 is 0 Å². The molecule has 0 aliphatic rings. The van der Waals surface area contributed by atoms with Crippen molar-refractivity contribution in [1.29, 1.82) is 0 Å². The molecule has 0 aliphatic carbocycles. The molecular formula is C14H21ClN2O2. The number of nitrogens with two attached hydrogens (primary N) is 1. The quantitative estimate of drug-likeness (QED) is 0.844. The summed E-state index contributed by atoms with van der Waals surface area (Å²) >= 11 is 6.03. The van der Waals surface area contributed by atoms with E-state index >= 15 is 0 Å². The maximum absolute atomic E-state index is 12.1. The molecule has 5 heteroatoms. The van der Waals surface area contributed by atoms with Gasteiger partial charge in [-0.1, -0.05) is 24.9 Å². The normalized spacial score (nSPS) is 12.1. The van der Waals surface area contributed by atoms with E-state index in [-0.39, 0.29) is 11.8 Å². The molecule has 1 amide bonds. The highest BCUT2D eigenvalue weighted by atomic mass is 35.5. The second kappa shape index (κ2) is 7.36. The van der Waals surface area contributed by atoms with Gasteiger partial charge in [0.1, 0.15) is 5.75 Å². The molecule has 0 bridgehead atoms. The molecule has 0 saturated carbocycles. The van der Waals surface area contributed by atoms with Crippen molar-refractivity contribution in [3.63, 3.8) is 0 Å². The fourth-order valence-corrected chi connectivity index (χ4v) is 2.02. The molecule has 4 nitrogen and oxygen atoms in total. The molecular weight excluding hydrogens is 264 g/mol. The Bertz CT molecular complexity index is 449. The molecule has 0 heterocycles. The number of methoxy groups -OCH3 is 1. The van der Waals surface area contributed by atoms with Crippen LogP contribution in [0, 0.1) is 12.8 Å². The molecule has 1 unspecified atom stereocenters. The summed E-state index contributed by atoms with van der Waals surface area (Å²) in [5, 5.41) is 3.47. The number of hydrogen-bond donors (Lipinski definition) is 2. The van der Waals surface area contributed by atoms with Crippen LogP contribution < -0.4 is 15.8 Å². The Morgan fingerprint density at radius 2 is 2.21 bits per heavy atom. The molecule has 0 fully saturated rings. The summed E-state index contributed by atoms with van der Waals surface area (Å²) in [5.74, 6) is 0.297. The number of carbonyl (C=O) groups is 1. The zero-order valence-electron chi connectivity index (χ0n) is 11.6. The number of ether oxygens (including phenoxy) is 1. The lowest BCUT2D eigenvalue weighted by atomic mass is 10.0. The Morgan fingerprint density at radius 3 is 2.74 bits per heavy atom. The molecule has 19 heavy (non-hydrogen) atoms. The molecule has 106 valence electrons. The van der Waals surface area contributed by atoms with Gasteiger partial charge in [-0.2, -0.15) is 0 Å². The van der Waals surface area contributed by atoms with Gasteiger partial charge in [-0.05, 0) is 25.0 Å². The van der Waals surface area contributed by atoms with Gasteiger partial charge in [-0.15, -0.1) is 0 Å². The van der Waals surface area contributed by atoms with Crippen molar-refractivity contribution >= 4 is 23.2 Å². The van der Waals surface area contributed by atoms with Crippen LogP contribution in [0.3, 0.4) is 0 Å². The lowest BCUT2D eigenvalue weighted by Gasteiger charge is -2.16. The van der Waals surface area contributed by atoms with E-state index in [1.54, 1.807) is 19.2 Å². The van der Waals surface area contributed by atoms with Crippen LogP contribution in [0.25, 0.3) is 0 Å². The van der Waals surface area contributed by atoms with Gasteiger partial charge in [-0.3, -0.25) is 4.79 Å². The number of benzene rings is 1. The molecule has 1 aromatic carbocycles. The zero-order chi connectivity index (χ0) is 14.4. The number of aryl methyl sites for hydroxylation is 1. The van der Waals surface area contributed by atoms with E-state index in [9.17, 15) is 4.79 Å². The summed E-state index contributed by atoms with van der Waals surface area (Å²) < 4.78 is 5.22. The maximum atomic E-state index is 12.1. The number of halogens is 1. The average Bonchev–Trinajstić information content (AvgIpc) is 2.39. The van der Waals surface area contributed by atoms with E-state index in [2.05, 4.69) is 5.32 Å². The first-order valence-corrected chi connectivity index (χ1v) is 6.76. The topological polar surface area (TPSA) is 64.4 Å². The molecule has 1 rings (SSSR count). The minimum atomic E-state index is -0.175. The van der Waals surface area contributed by atoms with Gasteiger partial charge in [0.2, 0.25) is 5.91 Å². The van der Waals surface area contributed by atoms with Crippen molar-refractivity contribution in [1.82, 2.24) is 0 Å². The fourth-order valence-electron chi connectivity index (χ4n) is 1.87. The predicted octanol–water partition coefficient (Wildman–Crippen LogP) is 2.97. The highest BCUT2D eigenvalue weighted by molar-refractivity contribution is 6.31. The van der Waals surface area contributed by atoms with Crippen LogP contribution in [0.15, 0.2) is 12.1 Å². The number of rotatable bonds is 6. The number of carbonyl (C=O) groups excluding carboxylic acids is 1. The molecule has 0 radical (unpaired) electrons. The first-order chi connectivity index (χ1) is 9.03. The largest absolute Gasteiger partial charge is 0.495 e. The second-order valence-electron chi connectivity index (χ2n) is 4.51. The summed E-state index contributed by atoms with van der Waals surface area (Å²) in [7, 11) is 1.54. The van der Waals surface area contributed by atoms with E-state index in [0.29, 0.717) is 23.0 Å². The van der Waals surface area contributed by atoms with E-state index in [0.717, 1.165) is 18.4 Å². The van der Waals surface area contributed by atoms with Crippen LogP contribution in [0.1, 0.15) is 25.3 Å². The third-order valence-corrected chi connectivity index (χ3v) is 3.44. The van der Waals surface area contributed by atoms with Crippen LogP contribution in [-0.4, -0.2) is 19.6 Å². The van der Waals surface area contributed by atoms with Crippen molar-refractivity contribution in [3.05, 3.63) is 22.7 Å². The highest BCUT2D eigenvalue weighted by Gasteiger charge is 2.18. The molecule has 0 spiro atoms. The molecule has 3 N–H and O–H groups in total. The Labute approximate surface area is 119 Å². The van der Waals surface area contributed by atoms with Crippen molar-refractivity contribution in [3.8, 4) is 5.75 Å². The van der Waals surface area contributed by atoms with E-state index in [1.807, 2.05) is 13.8 Å². The number of amides is 1. The van der Waals surface area contributed by atoms with Crippen molar-refractivity contribution in [2.75, 3.05) is 19.0 Å². The maximum Gasteiger partial charge on any atom is 0.228 e. The lowest BCUT2D eigenvalue weighted by molar-refractivity contribution is -0.119. The molecule has 1 aromatic rings. The van der Waals surface area contributed by atoms with Crippen molar-refractivity contribution < 1.29 is 9.53 Å². The Hall–Kier alpha value is -1.26. The molecule has 1 atom stereocenters. The van der Waals surface area contributed by atoms with Gasteiger partial charge in [0.25, 0.3) is 0 Å². The Morgan fingerprint density at radius 1 is 1.53 bits per heavy atom. The number of nitrogens with one attached hydrogen (secondary N) is 1. The van der Waals surface area contributed by atoms with Crippen molar-refractivity contribution in [2.24, 2.45) is 11.7 Å². The average molecular weight is 285 g/mol. The lowest BCUT2D eigenvalue weighted by Crippen LogP contribution is -2.29. The van der Waals surface area contributed by atoms with Gasteiger partial charge < -0.3 is 15.8 Å². The van der Waals surface area contributed by atoms with Crippen LogP contribution in [0.2, 0.25) is 5.02 Å². The predicted molar refractivity (Wildman–Crippen MR) is 78.8 cm³/mol. The zero-order valence-corrected chi connectivity index (χ0v) is 12.4. The van der Waals surface area contributed by atoms with Crippen LogP contribution in [0.4, 0.5) is 5.69 Å². The third kappa shape index (κ3) is 4.11. The minimum absolute atomic E-state index is 0.0793. The summed E-state index contributed by atoms with van der Waals surface area (Å²) in [6.45, 7) is 4.25. The van der Waals surface area contributed by atoms with Crippen LogP contribution in [0.5, 0.6) is 5.75 Å². The van der Waals surface area contributed by atoms with Gasteiger partial charge in [0.15, 0.2) is 0 Å².